The van der Waals surface area contributed by atoms with Gasteiger partial charge in [0.15, 0.2) is 6.61 Å². The zero-order chi connectivity index (χ0) is 18.2. The Morgan fingerprint density at radius 3 is 2.42 bits per heavy atom. The van der Waals surface area contributed by atoms with Gasteiger partial charge in [0, 0.05) is 6.54 Å². The molecule has 0 bridgehead atoms. The molecule has 0 spiro atoms. The molecule has 0 unspecified atom stereocenters. The quantitative estimate of drug-likeness (QED) is 0.626. The number of carbonyl (C=O) groups excluding carboxylic acids is 1. The van der Waals surface area contributed by atoms with Gasteiger partial charge in [-0.3, -0.25) is 4.79 Å². The van der Waals surface area contributed by atoms with Gasteiger partial charge in [0.1, 0.15) is 11.5 Å². The molecule has 3 aromatic carbocycles. The number of methoxy groups -OCH3 is 1. The highest BCUT2D eigenvalue weighted by Crippen LogP contribution is 2.24. The van der Waals surface area contributed by atoms with Crippen molar-refractivity contribution in [3.8, 4) is 11.5 Å². The van der Waals surface area contributed by atoms with E-state index < -0.39 is 0 Å². The summed E-state index contributed by atoms with van der Waals surface area (Å²) in [4.78, 5) is 11.9. The molecule has 0 heterocycles. The highest BCUT2D eigenvalue weighted by Gasteiger charge is 2.04. The second kappa shape index (κ2) is 8.90. The Balaban J connectivity index is 1.44. The average Bonchev–Trinajstić information content (AvgIpc) is 2.69. The number of amides is 1. The Hall–Kier alpha value is -3.01. The zero-order valence-corrected chi connectivity index (χ0v) is 14.9. The van der Waals surface area contributed by atoms with Crippen molar-refractivity contribution >= 4 is 16.7 Å². The van der Waals surface area contributed by atoms with Gasteiger partial charge in [-0.25, -0.2) is 0 Å². The number of aryl methyl sites for hydroxylation is 1. The molecule has 0 radical (unpaired) electrons. The smallest absolute Gasteiger partial charge is 0.257 e. The lowest BCUT2D eigenvalue weighted by atomic mass is 10.1. The average molecular weight is 349 g/mol. The van der Waals surface area contributed by atoms with Crippen molar-refractivity contribution in [2.24, 2.45) is 0 Å². The summed E-state index contributed by atoms with van der Waals surface area (Å²) in [7, 11) is 1.64. The molecule has 1 amide bonds. The summed E-state index contributed by atoms with van der Waals surface area (Å²) in [6.07, 6.45) is 1.86. The Labute approximate surface area is 153 Å². The molecular formula is C22H23NO3. The monoisotopic (exact) mass is 349 g/mol. The van der Waals surface area contributed by atoms with Crippen LogP contribution in [-0.4, -0.2) is 26.2 Å². The minimum absolute atomic E-state index is 0.0147. The topological polar surface area (TPSA) is 47.6 Å². The first kappa shape index (κ1) is 17.8. The summed E-state index contributed by atoms with van der Waals surface area (Å²) in [6.45, 7) is 0.660. The Kier molecular flexibility index (Phi) is 6.09. The van der Waals surface area contributed by atoms with E-state index in [4.69, 9.17) is 9.47 Å². The van der Waals surface area contributed by atoms with Crippen LogP contribution in [0.5, 0.6) is 11.5 Å². The van der Waals surface area contributed by atoms with Gasteiger partial charge in [-0.2, -0.15) is 0 Å². The summed E-state index contributed by atoms with van der Waals surface area (Å²) in [5, 5.41) is 5.01. The maximum atomic E-state index is 11.9. The van der Waals surface area contributed by atoms with Crippen LogP contribution in [-0.2, 0) is 11.2 Å². The van der Waals surface area contributed by atoms with E-state index in [9.17, 15) is 4.79 Å². The molecule has 0 aliphatic rings. The van der Waals surface area contributed by atoms with Crippen LogP contribution in [0.15, 0.2) is 66.7 Å². The number of carbonyl (C=O) groups is 1. The predicted octanol–water partition coefficient (Wildman–Crippen LogP) is 3.98. The van der Waals surface area contributed by atoms with E-state index in [1.807, 2.05) is 54.6 Å². The van der Waals surface area contributed by atoms with E-state index in [0.717, 1.165) is 29.4 Å². The van der Waals surface area contributed by atoms with Crippen LogP contribution < -0.4 is 14.8 Å². The summed E-state index contributed by atoms with van der Waals surface area (Å²) in [5.74, 6) is 1.36. The summed E-state index contributed by atoms with van der Waals surface area (Å²) < 4.78 is 10.9. The zero-order valence-electron chi connectivity index (χ0n) is 14.9. The van der Waals surface area contributed by atoms with Gasteiger partial charge in [0.05, 0.1) is 7.11 Å². The maximum absolute atomic E-state index is 11.9. The number of rotatable bonds is 8. The lowest BCUT2D eigenvalue weighted by Gasteiger charge is -2.09. The fourth-order valence-electron chi connectivity index (χ4n) is 2.78. The fourth-order valence-corrected chi connectivity index (χ4v) is 2.78. The van der Waals surface area contributed by atoms with Gasteiger partial charge in [-0.15, -0.1) is 0 Å². The molecule has 0 aliphatic carbocycles. The molecule has 0 aromatic heterocycles. The number of hydrogen-bond acceptors (Lipinski definition) is 3. The van der Waals surface area contributed by atoms with E-state index in [1.54, 1.807) is 7.11 Å². The van der Waals surface area contributed by atoms with E-state index >= 15 is 0 Å². The fraction of sp³-hybridized carbons (Fsp3) is 0.227. The van der Waals surface area contributed by atoms with Crippen molar-refractivity contribution in [3.63, 3.8) is 0 Å². The second-order valence-electron chi connectivity index (χ2n) is 6.10. The molecule has 0 saturated heterocycles. The molecule has 1 N–H and O–H groups in total. The highest BCUT2D eigenvalue weighted by molar-refractivity contribution is 5.85. The SMILES string of the molecule is COc1ccc2ccc(OCC(=O)NCCCc3ccccc3)cc2c1. The highest BCUT2D eigenvalue weighted by atomic mass is 16.5. The van der Waals surface area contributed by atoms with Crippen molar-refractivity contribution in [2.45, 2.75) is 12.8 Å². The molecule has 3 rings (SSSR count). The van der Waals surface area contributed by atoms with Crippen LogP contribution in [0, 0.1) is 0 Å². The number of nitrogens with one attached hydrogen (secondary N) is 1. The lowest BCUT2D eigenvalue weighted by molar-refractivity contribution is -0.123. The largest absolute Gasteiger partial charge is 0.497 e. The van der Waals surface area contributed by atoms with E-state index in [1.165, 1.54) is 5.56 Å². The molecule has 0 fully saturated rings. The first-order chi connectivity index (χ1) is 12.7. The first-order valence-corrected chi connectivity index (χ1v) is 8.76. The van der Waals surface area contributed by atoms with Gasteiger partial charge in [0.25, 0.3) is 5.91 Å². The van der Waals surface area contributed by atoms with Gasteiger partial charge < -0.3 is 14.8 Å². The molecular weight excluding hydrogens is 326 g/mol. The molecule has 4 heteroatoms. The summed E-state index contributed by atoms with van der Waals surface area (Å²) >= 11 is 0. The minimum Gasteiger partial charge on any atom is -0.497 e. The predicted molar refractivity (Wildman–Crippen MR) is 104 cm³/mol. The van der Waals surface area contributed by atoms with Crippen molar-refractivity contribution in [2.75, 3.05) is 20.3 Å². The Bertz CT molecular complexity index is 862. The molecule has 26 heavy (non-hydrogen) atoms. The molecule has 0 saturated carbocycles. The van der Waals surface area contributed by atoms with Crippen LogP contribution in [0.3, 0.4) is 0 Å². The minimum atomic E-state index is -0.108. The normalized spacial score (nSPS) is 10.5. The van der Waals surface area contributed by atoms with Crippen molar-refractivity contribution in [1.82, 2.24) is 5.32 Å². The maximum Gasteiger partial charge on any atom is 0.257 e. The number of ether oxygens (including phenoxy) is 2. The number of benzene rings is 3. The Morgan fingerprint density at radius 1 is 0.923 bits per heavy atom. The number of fused-ring (bicyclic) bond motifs is 1. The number of hydrogen-bond donors (Lipinski definition) is 1. The Morgan fingerprint density at radius 2 is 1.65 bits per heavy atom. The van der Waals surface area contributed by atoms with E-state index in [-0.39, 0.29) is 12.5 Å². The van der Waals surface area contributed by atoms with Crippen molar-refractivity contribution < 1.29 is 14.3 Å². The first-order valence-electron chi connectivity index (χ1n) is 8.76. The van der Waals surface area contributed by atoms with Crippen LogP contribution in [0.1, 0.15) is 12.0 Å². The van der Waals surface area contributed by atoms with Crippen LogP contribution in [0.4, 0.5) is 0 Å². The van der Waals surface area contributed by atoms with Crippen molar-refractivity contribution in [1.29, 1.82) is 0 Å². The van der Waals surface area contributed by atoms with Crippen molar-refractivity contribution in [3.05, 3.63) is 72.3 Å². The third-order valence-electron chi connectivity index (χ3n) is 4.20. The van der Waals surface area contributed by atoms with Gasteiger partial charge in [-0.1, -0.05) is 42.5 Å². The van der Waals surface area contributed by atoms with E-state index in [2.05, 4.69) is 17.4 Å². The van der Waals surface area contributed by atoms with E-state index in [0.29, 0.717) is 12.3 Å². The van der Waals surface area contributed by atoms with Gasteiger partial charge >= 0.3 is 0 Å². The summed E-state index contributed by atoms with van der Waals surface area (Å²) in [5.41, 5.74) is 1.28. The summed E-state index contributed by atoms with van der Waals surface area (Å²) in [6, 6.07) is 21.9. The lowest BCUT2D eigenvalue weighted by Crippen LogP contribution is -2.29. The third-order valence-corrected chi connectivity index (χ3v) is 4.20. The standard InChI is InChI=1S/C22H23NO3/c1-25-20-11-9-18-10-12-21(15-19(18)14-20)26-16-22(24)23-13-5-8-17-6-3-2-4-7-17/h2-4,6-7,9-12,14-15H,5,8,13,16H2,1H3,(H,23,24). The van der Waals surface area contributed by atoms with Crippen LogP contribution >= 0.6 is 0 Å². The molecule has 4 nitrogen and oxygen atoms in total. The van der Waals surface area contributed by atoms with Gasteiger partial charge in [-0.05, 0) is 53.4 Å². The molecule has 0 aliphatic heterocycles. The molecule has 0 atom stereocenters. The third kappa shape index (κ3) is 4.99. The molecule has 3 aromatic rings. The molecule has 134 valence electrons. The van der Waals surface area contributed by atoms with Crippen LogP contribution in [0.25, 0.3) is 10.8 Å². The van der Waals surface area contributed by atoms with Gasteiger partial charge in [0.2, 0.25) is 0 Å². The second-order valence-corrected chi connectivity index (χ2v) is 6.10. The van der Waals surface area contributed by atoms with Crippen LogP contribution in [0.2, 0.25) is 0 Å².